The second-order valence-electron chi connectivity index (χ2n) is 10.5. The largest absolute Gasteiger partial charge is 0.392 e. The van der Waals surface area contributed by atoms with Gasteiger partial charge in [0.2, 0.25) is 0 Å². The van der Waals surface area contributed by atoms with Crippen LogP contribution in [0.15, 0.2) is 12.2 Å². The average Bonchev–Trinajstić information content (AvgIpc) is 2.94. The quantitative estimate of drug-likeness (QED) is 0.583. The second-order valence-corrected chi connectivity index (χ2v) is 10.5. The minimum Gasteiger partial charge on any atom is -0.392 e. The van der Waals surface area contributed by atoms with Crippen molar-refractivity contribution in [1.82, 2.24) is 4.90 Å². The Kier molecular flexibility index (Phi) is 1.95. The van der Waals surface area contributed by atoms with Gasteiger partial charge in [0, 0.05) is 34.7 Å². The van der Waals surface area contributed by atoms with E-state index in [1.54, 1.807) is 0 Å². The number of rotatable bonds is 0. The molecule has 4 heteroatoms. The van der Waals surface area contributed by atoms with Gasteiger partial charge in [-0.15, -0.1) is 0 Å². The van der Waals surface area contributed by atoms with E-state index in [0.717, 1.165) is 31.3 Å². The van der Waals surface area contributed by atoms with Crippen LogP contribution in [-0.4, -0.2) is 50.7 Å². The van der Waals surface area contributed by atoms with Gasteiger partial charge in [0.1, 0.15) is 6.23 Å². The summed E-state index contributed by atoms with van der Waals surface area (Å²) in [5.41, 5.74) is 0.861. The molecule has 9 bridgehead atoms. The molecule has 3 heterocycles. The van der Waals surface area contributed by atoms with Crippen molar-refractivity contribution in [3.8, 4) is 0 Å². The van der Waals surface area contributed by atoms with E-state index in [-0.39, 0.29) is 40.4 Å². The average molecular weight is 329 g/mol. The van der Waals surface area contributed by atoms with Crippen molar-refractivity contribution in [1.29, 1.82) is 0 Å². The Morgan fingerprint density at radius 1 is 1.12 bits per heavy atom. The molecule has 7 unspecified atom stereocenters. The molecule has 9 fully saturated rings. The SMILES string of the molecule is C=C1[C@H]2C[C@H]3[C@@H]4N5C6CC3(C([C@H]2O)C42CCC[C@@](C)(C5O)C62)[C@@H]1O. The minimum atomic E-state index is -0.439. The normalized spacial score (nSPS) is 76.1. The summed E-state index contributed by atoms with van der Waals surface area (Å²) < 4.78 is 0. The Morgan fingerprint density at radius 2 is 1.92 bits per heavy atom. The Balaban J connectivity index is 1.55. The van der Waals surface area contributed by atoms with Gasteiger partial charge in [0.25, 0.3) is 0 Å². The van der Waals surface area contributed by atoms with Crippen LogP contribution in [0.25, 0.3) is 0 Å². The van der Waals surface area contributed by atoms with Crippen LogP contribution >= 0.6 is 0 Å². The number of aliphatic hydroxyl groups excluding tert-OH is 3. The predicted molar refractivity (Wildman–Crippen MR) is 86.6 cm³/mol. The number of fused-ring (bicyclic) bond motifs is 1. The summed E-state index contributed by atoms with van der Waals surface area (Å²) in [4.78, 5) is 2.47. The molecule has 24 heavy (non-hydrogen) atoms. The van der Waals surface area contributed by atoms with E-state index in [2.05, 4.69) is 18.4 Å². The maximum atomic E-state index is 11.3. The lowest BCUT2D eigenvalue weighted by molar-refractivity contribution is -0.214. The van der Waals surface area contributed by atoms with E-state index in [9.17, 15) is 15.3 Å². The van der Waals surface area contributed by atoms with Crippen LogP contribution in [0.4, 0.5) is 0 Å². The highest BCUT2D eigenvalue weighted by Gasteiger charge is 2.91. The van der Waals surface area contributed by atoms with Crippen molar-refractivity contribution in [2.24, 2.45) is 39.9 Å². The van der Waals surface area contributed by atoms with Crippen LogP contribution in [0.2, 0.25) is 0 Å². The van der Waals surface area contributed by atoms with E-state index in [0.29, 0.717) is 23.9 Å². The Hall–Kier alpha value is -0.420. The van der Waals surface area contributed by atoms with Crippen LogP contribution in [0.3, 0.4) is 0 Å². The number of aliphatic hydroxyl groups is 3. The molecule has 0 amide bonds. The van der Waals surface area contributed by atoms with E-state index in [4.69, 9.17) is 0 Å². The van der Waals surface area contributed by atoms with E-state index in [1.165, 1.54) is 6.42 Å². The molecule has 13 atom stereocenters. The van der Waals surface area contributed by atoms with Crippen LogP contribution < -0.4 is 0 Å². The molecule has 6 saturated carbocycles. The molecular weight excluding hydrogens is 302 g/mol. The third-order valence-corrected chi connectivity index (χ3v) is 10.5. The molecule has 6 aliphatic carbocycles. The molecule has 3 saturated heterocycles. The first-order valence-electron chi connectivity index (χ1n) is 9.91. The van der Waals surface area contributed by atoms with Gasteiger partial charge in [-0.05, 0) is 48.5 Å². The molecule has 9 rings (SSSR count). The molecule has 9 aliphatic rings. The van der Waals surface area contributed by atoms with E-state index < -0.39 is 6.10 Å². The minimum absolute atomic E-state index is 0.0145. The van der Waals surface area contributed by atoms with Crippen LogP contribution in [0, 0.1) is 39.9 Å². The molecular formula is C20H27NO3. The van der Waals surface area contributed by atoms with Gasteiger partial charge in [-0.1, -0.05) is 19.9 Å². The Bertz CT molecular complexity index is 709. The van der Waals surface area contributed by atoms with Crippen molar-refractivity contribution in [2.45, 2.75) is 69.5 Å². The van der Waals surface area contributed by atoms with Crippen molar-refractivity contribution >= 4 is 0 Å². The van der Waals surface area contributed by atoms with Crippen LogP contribution in [-0.2, 0) is 0 Å². The highest BCUT2D eigenvalue weighted by Crippen LogP contribution is 2.87. The molecule has 0 aromatic heterocycles. The summed E-state index contributed by atoms with van der Waals surface area (Å²) in [6, 6.07) is 0.795. The third-order valence-electron chi connectivity index (χ3n) is 10.5. The molecule has 0 aromatic carbocycles. The standard InChI is InChI=1S/C20H27NO3/c1-8-9-6-10-15-19-5-3-4-18(2)13(19)11(21(15)17(18)24)7-20(10,16(8)23)14(19)12(9)22/h9-17,22-24H,1,3-7H2,2H3/t9-,10+,11?,12+,13?,14?,15+,16-,17?,18-,19?,20?/m1/s1. The third kappa shape index (κ3) is 0.903. The molecule has 3 N–H and O–H groups in total. The van der Waals surface area contributed by atoms with Gasteiger partial charge >= 0.3 is 0 Å². The summed E-state index contributed by atoms with van der Waals surface area (Å²) in [6.07, 6.45) is 4.30. The first kappa shape index (κ1) is 13.7. The number of hydrogen-bond donors (Lipinski definition) is 3. The zero-order valence-electron chi connectivity index (χ0n) is 14.2. The lowest BCUT2D eigenvalue weighted by Gasteiger charge is -2.66. The van der Waals surface area contributed by atoms with Crippen molar-refractivity contribution in [3.05, 3.63) is 12.2 Å². The van der Waals surface area contributed by atoms with Crippen molar-refractivity contribution in [3.63, 3.8) is 0 Å². The van der Waals surface area contributed by atoms with Gasteiger partial charge < -0.3 is 15.3 Å². The fraction of sp³-hybridized carbons (Fsp3) is 0.900. The maximum absolute atomic E-state index is 11.3. The molecule has 0 aromatic rings. The fourth-order valence-electron chi connectivity index (χ4n) is 10.5. The topological polar surface area (TPSA) is 63.9 Å². The van der Waals surface area contributed by atoms with Crippen molar-refractivity contribution < 1.29 is 15.3 Å². The molecule has 4 nitrogen and oxygen atoms in total. The molecule has 3 aliphatic heterocycles. The van der Waals surface area contributed by atoms with Crippen LogP contribution in [0.1, 0.15) is 39.0 Å². The number of hydrogen-bond acceptors (Lipinski definition) is 4. The predicted octanol–water partition coefficient (Wildman–Crippen LogP) is 1.11. The van der Waals surface area contributed by atoms with E-state index in [1.807, 2.05) is 0 Å². The van der Waals surface area contributed by atoms with Gasteiger partial charge in [-0.2, -0.15) is 0 Å². The van der Waals surface area contributed by atoms with Gasteiger partial charge in [-0.25, -0.2) is 0 Å². The van der Waals surface area contributed by atoms with Gasteiger partial charge in [-0.3, -0.25) is 4.90 Å². The smallest absolute Gasteiger partial charge is 0.113 e. The summed E-state index contributed by atoms with van der Waals surface area (Å²) in [5.74, 6) is 1.24. The lowest BCUT2D eigenvalue weighted by Crippen LogP contribution is -2.68. The monoisotopic (exact) mass is 329 g/mol. The molecule has 2 spiro atoms. The van der Waals surface area contributed by atoms with Crippen LogP contribution in [0.5, 0.6) is 0 Å². The fourth-order valence-corrected chi connectivity index (χ4v) is 10.5. The Labute approximate surface area is 142 Å². The first-order valence-corrected chi connectivity index (χ1v) is 9.91. The zero-order valence-corrected chi connectivity index (χ0v) is 14.2. The zero-order chi connectivity index (χ0) is 16.4. The van der Waals surface area contributed by atoms with Gasteiger partial charge in [0.15, 0.2) is 0 Å². The summed E-state index contributed by atoms with van der Waals surface area (Å²) in [6.45, 7) is 6.49. The summed E-state index contributed by atoms with van der Waals surface area (Å²) >= 11 is 0. The number of nitrogens with zero attached hydrogens (tertiary/aromatic N) is 1. The first-order chi connectivity index (χ1) is 11.4. The highest BCUT2D eigenvalue weighted by atomic mass is 16.3. The second kappa shape index (κ2) is 3.40. The number of piperidine rings is 2. The lowest BCUT2D eigenvalue weighted by atomic mass is 9.39. The summed E-state index contributed by atoms with van der Waals surface area (Å²) in [7, 11) is 0. The highest BCUT2D eigenvalue weighted by molar-refractivity contribution is 5.44. The van der Waals surface area contributed by atoms with Crippen molar-refractivity contribution in [2.75, 3.05) is 0 Å². The maximum Gasteiger partial charge on any atom is 0.113 e. The van der Waals surface area contributed by atoms with E-state index >= 15 is 0 Å². The molecule has 130 valence electrons. The van der Waals surface area contributed by atoms with Gasteiger partial charge in [0.05, 0.1) is 12.2 Å². The molecule has 0 radical (unpaired) electrons. The summed E-state index contributed by atoms with van der Waals surface area (Å²) in [5, 5.41) is 33.8. The Morgan fingerprint density at radius 3 is 2.71 bits per heavy atom.